The summed E-state index contributed by atoms with van der Waals surface area (Å²) >= 11 is 0. The highest BCUT2D eigenvalue weighted by atomic mass is 19.4. The fraction of sp³-hybridized carbons (Fsp3) is 0.462. The molecule has 200 valence electrons. The number of aliphatic hydroxyl groups excluding tert-OH is 1. The smallest absolute Gasteiger partial charge is 0.392 e. The third-order valence-electron chi connectivity index (χ3n) is 6.10. The van der Waals surface area contributed by atoms with Gasteiger partial charge in [-0.15, -0.1) is 0 Å². The van der Waals surface area contributed by atoms with Crippen molar-refractivity contribution in [1.29, 1.82) is 0 Å². The summed E-state index contributed by atoms with van der Waals surface area (Å²) in [6.07, 6.45) is -4.52. The number of morpholine rings is 1. The molecule has 1 atom stereocenters. The van der Waals surface area contributed by atoms with Crippen LogP contribution in [0.3, 0.4) is 0 Å². The number of aryl methyl sites for hydroxylation is 1. The molecule has 3 heterocycles. The van der Waals surface area contributed by atoms with Crippen LogP contribution in [0.5, 0.6) is 5.88 Å². The summed E-state index contributed by atoms with van der Waals surface area (Å²) in [7, 11) is 0. The minimum absolute atomic E-state index is 0.0543. The Morgan fingerprint density at radius 2 is 2.00 bits per heavy atom. The number of nitrogens with zero attached hydrogens (tertiary/aromatic N) is 3. The predicted molar refractivity (Wildman–Crippen MR) is 134 cm³/mol. The van der Waals surface area contributed by atoms with E-state index in [1.54, 1.807) is 19.1 Å². The van der Waals surface area contributed by atoms with Crippen LogP contribution in [-0.2, 0) is 4.74 Å². The summed E-state index contributed by atoms with van der Waals surface area (Å²) in [5.74, 6) is 1.09. The summed E-state index contributed by atoms with van der Waals surface area (Å²) < 4.78 is 49.3. The van der Waals surface area contributed by atoms with Crippen LogP contribution >= 0.6 is 0 Å². The van der Waals surface area contributed by atoms with E-state index in [-0.39, 0.29) is 25.3 Å². The zero-order valence-corrected chi connectivity index (χ0v) is 20.8. The zero-order chi connectivity index (χ0) is 26.6. The number of anilines is 2. The maximum absolute atomic E-state index is 12.8. The maximum Gasteiger partial charge on any atom is 0.392 e. The van der Waals surface area contributed by atoms with Crippen molar-refractivity contribution in [2.24, 2.45) is 0 Å². The lowest BCUT2D eigenvalue weighted by atomic mass is 10.0. The number of nitrogens with one attached hydrogen (secondary N) is 1. The standard InChI is InChI=1S/C26H31F3N4O4/c1-17-3-4-21(30-25(35)33-6-5-19(15-33)14-26(27,28)29)13-22(17)20-11-23(32-7-9-36-10-8-32)31-24(12-20)37-16-18(2)34/h3-5,11-13,18,34H,6-10,14-16H2,1-2H3,(H,30,35)/t18-/m1/s1. The predicted octanol–water partition coefficient (Wildman–Crippen LogP) is 4.38. The number of hydrogen-bond donors (Lipinski definition) is 2. The molecule has 4 rings (SSSR count). The Labute approximate surface area is 213 Å². The van der Waals surface area contributed by atoms with E-state index in [1.807, 2.05) is 25.1 Å². The van der Waals surface area contributed by atoms with Gasteiger partial charge in [0.25, 0.3) is 0 Å². The van der Waals surface area contributed by atoms with E-state index in [4.69, 9.17) is 9.47 Å². The largest absolute Gasteiger partial charge is 0.475 e. The van der Waals surface area contributed by atoms with Gasteiger partial charge in [0.1, 0.15) is 12.4 Å². The number of rotatable bonds is 7. The SMILES string of the molecule is Cc1ccc(NC(=O)N2CC=C(CC(F)(F)F)C2)cc1-c1cc(OC[C@@H](C)O)nc(N2CCOCC2)c1. The highest BCUT2D eigenvalue weighted by Gasteiger charge is 2.32. The van der Waals surface area contributed by atoms with Crippen LogP contribution in [0.15, 0.2) is 42.0 Å². The number of halogens is 3. The Kier molecular flexibility index (Phi) is 8.23. The number of urea groups is 1. The first-order valence-electron chi connectivity index (χ1n) is 12.1. The molecule has 11 heteroatoms. The molecule has 0 aliphatic carbocycles. The van der Waals surface area contributed by atoms with Crippen LogP contribution in [0.4, 0.5) is 29.5 Å². The van der Waals surface area contributed by atoms with E-state index >= 15 is 0 Å². The number of carbonyl (C=O) groups is 1. The van der Waals surface area contributed by atoms with E-state index in [1.165, 1.54) is 11.0 Å². The van der Waals surface area contributed by atoms with Gasteiger partial charge in [-0.25, -0.2) is 4.79 Å². The van der Waals surface area contributed by atoms with Gasteiger partial charge >= 0.3 is 12.2 Å². The number of alkyl halides is 3. The molecule has 1 aromatic carbocycles. The average molecular weight is 521 g/mol. The Bertz CT molecular complexity index is 1150. The van der Waals surface area contributed by atoms with E-state index in [0.717, 1.165) is 22.5 Å². The lowest BCUT2D eigenvalue weighted by molar-refractivity contribution is -0.127. The summed E-state index contributed by atoms with van der Waals surface area (Å²) in [6, 6.07) is 8.72. The van der Waals surface area contributed by atoms with Crippen molar-refractivity contribution in [2.45, 2.75) is 32.5 Å². The third-order valence-corrected chi connectivity index (χ3v) is 6.10. The lowest BCUT2D eigenvalue weighted by Gasteiger charge is -2.28. The molecule has 1 saturated heterocycles. The van der Waals surface area contributed by atoms with Crippen molar-refractivity contribution in [1.82, 2.24) is 9.88 Å². The van der Waals surface area contributed by atoms with Crippen LogP contribution in [0.25, 0.3) is 11.1 Å². The van der Waals surface area contributed by atoms with E-state index in [9.17, 15) is 23.1 Å². The Balaban J connectivity index is 1.54. The molecule has 0 radical (unpaired) electrons. The first-order chi connectivity index (χ1) is 17.6. The van der Waals surface area contributed by atoms with Gasteiger partial charge < -0.3 is 29.7 Å². The summed E-state index contributed by atoms with van der Waals surface area (Å²) in [6.45, 7) is 6.29. The van der Waals surface area contributed by atoms with Gasteiger partial charge in [-0.1, -0.05) is 12.1 Å². The fourth-order valence-electron chi connectivity index (χ4n) is 4.25. The van der Waals surface area contributed by atoms with Crippen molar-refractivity contribution < 1.29 is 32.5 Å². The molecule has 2 amide bonds. The van der Waals surface area contributed by atoms with Crippen molar-refractivity contribution in [3.63, 3.8) is 0 Å². The summed E-state index contributed by atoms with van der Waals surface area (Å²) in [4.78, 5) is 20.8. The zero-order valence-electron chi connectivity index (χ0n) is 20.8. The second-order valence-corrected chi connectivity index (χ2v) is 9.31. The van der Waals surface area contributed by atoms with Gasteiger partial charge in [-0.2, -0.15) is 18.2 Å². The number of aromatic nitrogens is 1. The first-order valence-corrected chi connectivity index (χ1v) is 12.1. The molecule has 2 aromatic rings. The molecule has 0 spiro atoms. The van der Waals surface area contributed by atoms with Gasteiger partial charge in [0.2, 0.25) is 5.88 Å². The van der Waals surface area contributed by atoms with Crippen molar-refractivity contribution in [3.05, 3.63) is 47.5 Å². The molecular weight excluding hydrogens is 489 g/mol. The minimum Gasteiger partial charge on any atom is -0.475 e. The van der Waals surface area contributed by atoms with Crippen molar-refractivity contribution in [2.75, 3.05) is 56.2 Å². The van der Waals surface area contributed by atoms with Gasteiger partial charge in [-0.05, 0) is 54.3 Å². The minimum atomic E-state index is -4.30. The van der Waals surface area contributed by atoms with Gasteiger partial charge in [0.15, 0.2) is 0 Å². The molecule has 2 aliphatic heterocycles. The molecule has 2 N–H and O–H groups in total. The van der Waals surface area contributed by atoms with Crippen LogP contribution in [-0.4, -0.2) is 79.3 Å². The van der Waals surface area contributed by atoms with Gasteiger partial charge in [0, 0.05) is 37.9 Å². The number of pyridine rings is 1. The van der Waals surface area contributed by atoms with Gasteiger partial charge in [0.05, 0.1) is 25.7 Å². The molecule has 0 unspecified atom stereocenters. The number of benzene rings is 1. The Morgan fingerprint density at radius 1 is 1.24 bits per heavy atom. The molecule has 1 aromatic heterocycles. The molecule has 0 saturated carbocycles. The first kappa shape index (κ1) is 26.7. The quantitative estimate of drug-likeness (QED) is 0.527. The average Bonchev–Trinajstić information content (AvgIpc) is 3.31. The monoisotopic (exact) mass is 520 g/mol. The normalized spacial score (nSPS) is 17.0. The molecule has 0 bridgehead atoms. The third kappa shape index (κ3) is 7.36. The number of carbonyl (C=O) groups excluding carboxylic acids is 1. The molecule has 2 aliphatic rings. The lowest BCUT2D eigenvalue weighted by Crippen LogP contribution is -2.36. The Hall–Kier alpha value is -3.31. The van der Waals surface area contributed by atoms with Gasteiger partial charge in [-0.3, -0.25) is 0 Å². The number of amides is 2. The number of hydrogen-bond acceptors (Lipinski definition) is 6. The van der Waals surface area contributed by atoms with Crippen LogP contribution in [0, 0.1) is 6.92 Å². The maximum atomic E-state index is 12.8. The second-order valence-electron chi connectivity index (χ2n) is 9.31. The molecule has 8 nitrogen and oxygen atoms in total. The van der Waals surface area contributed by atoms with E-state index in [0.29, 0.717) is 37.9 Å². The molecule has 37 heavy (non-hydrogen) atoms. The second kappa shape index (κ2) is 11.4. The fourth-order valence-corrected chi connectivity index (χ4v) is 4.25. The van der Waals surface area contributed by atoms with E-state index in [2.05, 4.69) is 15.2 Å². The van der Waals surface area contributed by atoms with E-state index < -0.39 is 24.7 Å². The molecular formula is C26H31F3N4O4. The Morgan fingerprint density at radius 3 is 2.70 bits per heavy atom. The van der Waals surface area contributed by atoms with Crippen LogP contribution in [0.1, 0.15) is 18.9 Å². The van der Waals surface area contributed by atoms with Crippen molar-refractivity contribution in [3.8, 4) is 17.0 Å². The van der Waals surface area contributed by atoms with Crippen LogP contribution in [0.2, 0.25) is 0 Å². The topological polar surface area (TPSA) is 87.2 Å². The highest BCUT2D eigenvalue weighted by molar-refractivity contribution is 5.91. The number of ether oxygens (including phenoxy) is 2. The van der Waals surface area contributed by atoms with Crippen LogP contribution < -0.4 is 15.0 Å². The molecule has 1 fully saturated rings. The number of aliphatic hydroxyl groups is 1. The summed E-state index contributed by atoms with van der Waals surface area (Å²) in [5, 5.41) is 12.5. The summed E-state index contributed by atoms with van der Waals surface area (Å²) in [5.41, 5.74) is 3.32. The highest BCUT2D eigenvalue weighted by Crippen LogP contribution is 2.33. The van der Waals surface area contributed by atoms with Crippen molar-refractivity contribution >= 4 is 17.5 Å².